The fourth-order valence-corrected chi connectivity index (χ4v) is 2.11. The van der Waals surface area contributed by atoms with E-state index in [0.717, 1.165) is 39.1 Å². The van der Waals surface area contributed by atoms with Gasteiger partial charge >= 0.3 is 5.97 Å². The maximum Gasteiger partial charge on any atom is 0.306 e. The van der Waals surface area contributed by atoms with Gasteiger partial charge in [-0.15, -0.1) is 0 Å². The van der Waals surface area contributed by atoms with Crippen LogP contribution in [0, 0.1) is 0 Å². The van der Waals surface area contributed by atoms with Crippen LogP contribution in [0.25, 0.3) is 0 Å². The average Bonchev–Trinajstić information content (AvgIpc) is 2.90. The van der Waals surface area contributed by atoms with Crippen LogP contribution in [0.2, 0.25) is 0 Å². The van der Waals surface area contributed by atoms with E-state index in [2.05, 4.69) is 9.64 Å². The number of methoxy groups -OCH3 is 2. The standard InChI is InChI=1S/C13H25NO4/c1-16-11-9-14(8-6-13(15)17-2)7-5-12-4-3-10-18-12/h12H,3-11H2,1-2H3. The third-order valence-electron chi connectivity index (χ3n) is 3.26. The van der Waals surface area contributed by atoms with Crippen molar-refractivity contribution in [1.82, 2.24) is 4.90 Å². The van der Waals surface area contributed by atoms with Crippen molar-refractivity contribution in [3.63, 3.8) is 0 Å². The van der Waals surface area contributed by atoms with Gasteiger partial charge in [-0.1, -0.05) is 0 Å². The Morgan fingerprint density at radius 3 is 2.78 bits per heavy atom. The molecule has 1 rings (SSSR count). The minimum Gasteiger partial charge on any atom is -0.469 e. The SMILES string of the molecule is COCCN(CCC(=O)OC)CCC1CCCO1. The van der Waals surface area contributed by atoms with E-state index in [0.29, 0.717) is 19.1 Å². The van der Waals surface area contributed by atoms with Gasteiger partial charge < -0.3 is 19.1 Å². The molecule has 5 nitrogen and oxygen atoms in total. The lowest BCUT2D eigenvalue weighted by molar-refractivity contribution is -0.141. The molecule has 1 aliphatic rings. The van der Waals surface area contributed by atoms with Crippen molar-refractivity contribution in [1.29, 1.82) is 0 Å². The highest BCUT2D eigenvalue weighted by atomic mass is 16.5. The van der Waals surface area contributed by atoms with E-state index in [1.165, 1.54) is 13.5 Å². The molecule has 1 atom stereocenters. The summed E-state index contributed by atoms with van der Waals surface area (Å²) in [5.74, 6) is -0.158. The number of hydrogen-bond donors (Lipinski definition) is 0. The maximum atomic E-state index is 11.1. The van der Waals surface area contributed by atoms with Gasteiger partial charge in [-0.05, 0) is 19.3 Å². The molecular weight excluding hydrogens is 234 g/mol. The summed E-state index contributed by atoms with van der Waals surface area (Å²) in [7, 11) is 3.12. The lowest BCUT2D eigenvalue weighted by Crippen LogP contribution is -2.32. The summed E-state index contributed by atoms with van der Waals surface area (Å²) in [6.07, 6.45) is 4.20. The zero-order valence-corrected chi connectivity index (χ0v) is 11.5. The van der Waals surface area contributed by atoms with Crippen LogP contribution >= 0.6 is 0 Å². The molecule has 0 aromatic carbocycles. The van der Waals surface area contributed by atoms with Crippen molar-refractivity contribution in [2.45, 2.75) is 31.8 Å². The predicted octanol–water partition coefficient (Wildman–Crippen LogP) is 1.07. The molecular formula is C13H25NO4. The van der Waals surface area contributed by atoms with Crippen LogP contribution in [0.1, 0.15) is 25.7 Å². The second kappa shape index (κ2) is 9.30. The van der Waals surface area contributed by atoms with Gasteiger partial charge in [0.05, 0.1) is 26.2 Å². The van der Waals surface area contributed by atoms with E-state index in [1.807, 2.05) is 0 Å². The number of rotatable bonds is 9. The largest absolute Gasteiger partial charge is 0.469 e. The molecule has 1 aliphatic heterocycles. The zero-order valence-electron chi connectivity index (χ0n) is 11.5. The molecule has 0 radical (unpaired) electrons. The monoisotopic (exact) mass is 259 g/mol. The van der Waals surface area contributed by atoms with Gasteiger partial charge in [0.25, 0.3) is 0 Å². The lowest BCUT2D eigenvalue weighted by atomic mass is 10.2. The molecule has 5 heteroatoms. The molecule has 1 fully saturated rings. The summed E-state index contributed by atoms with van der Waals surface area (Å²) in [4.78, 5) is 13.4. The van der Waals surface area contributed by atoms with Crippen LogP contribution < -0.4 is 0 Å². The minimum absolute atomic E-state index is 0.158. The highest BCUT2D eigenvalue weighted by Gasteiger charge is 2.17. The van der Waals surface area contributed by atoms with Gasteiger partial charge in [0.1, 0.15) is 0 Å². The topological polar surface area (TPSA) is 48.0 Å². The highest BCUT2D eigenvalue weighted by molar-refractivity contribution is 5.69. The van der Waals surface area contributed by atoms with E-state index in [-0.39, 0.29) is 5.97 Å². The van der Waals surface area contributed by atoms with Gasteiger partial charge in [0.15, 0.2) is 0 Å². The fourth-order valence-electron chi connectivity index (χ4n) is 2.11. The van der Waals surface area contributed by atoms with Gasteiger partial charge in [-0.2, -0.15) is 0 Å². The molecule has 1 unspecified atom stereocenters. The van der Waals surface area contributed by atoms with Gasteiger partial charge in [0, 0.05) is 33.4 Å². The van der Waals surface area contributed by atoms with E-state index >= 15 is 0 Å². The third-order valence-corrected chi connectivity index (χ3v) is 3.26. The molecule has 0 bridgehead atoms. The van der Waals surface area contributed by atoms with E-state index < -0.39 is 0 Å². The quantitative estimate of drug-likeness (QED) is 0.580. The van der Waals surface area contributed by atoms with Crippen LogP contribution in [0.4, 0.5) is 0 Å². The number of nitrogens with zero attached hydrogens (tertiary/aromatic N) is 1. The van der Waals surface area contributed by atoms with E-state index in [9.17, 15) is 4.79 Å². The predicted molar refractivity (Wildman–Crippen MR) is 68.5 cm³/mol. The Labute approximate surface area is 109 Å². The number of ether oxygens (including phenoxy) is 3. The van der Waals surface area contributed by atoms with Gasteiger partial charge in [-0.3, -0.25) is 4.79 Å². The molecule has 1 saturated heterocycles. The van der Waals surface area contributed by atoms with Crippen molar-refractivity contribution in [3.8, 4) is 0 Å². The number of hydrogen-bond acceptors (Lipinski definition) is 5. The summed E-state index contributed by atoms with van der Waals surface area (Å²) in [6, 6.07) is 0. The Morgan fingerprint density at radius 2 is 2.17 bits per heavy atom. The molecule has 18 heavy (non-hydrogen) atoms. The lowest BCUT2D eigenvalue weighted by Gasteiger charge is -2.22. The average molecular weight is 259 g/mol. The van der Waals surface area contributed by atoms with Crippen molar-refractivity contribution < 1.29 is 19.0 Å². The van der Waals surface area contributed by atoms with Crippen molar-refractivity contribution in [3.05, 3.63) is 0 Å². The second-order valence-electron chi connectivity index (χ2n) is 4.58. The molecule has 106 valence electrons. The molecule has 0 amide bonds. The zero-order chi connectivity index (χ0) is 13.2. The maximum absolute atomic E-state index is 11.1. The Bertz CT molecular complexity index is 229. The molecule has 0 saturated carbocycles. The van der Waals surface area contributed by atoms with Crippen molar-refractivity contribution >= 4 is 5.97 Å². The number of carbonyl (C=O) groups excluding carboxylic acids is 1. The van der Waals surface area contributed by atoms with E-state index in [1.54, 1.807) is 7.11 Å². The van der Waals surface area contributed by atoms with E-state index in [4.69, 9.17) is 9.47 Å². The normalized spacial score (nSPS) is 19.4. The third kappa shape index (κ3) is 6.33. The van der Waals surface area contributed by atoms with Gasteiger partial charge in [0.2, 0.25) is 0 Å². The Hall–Kier alpha value is -0.650. The summed E-state index contributed by atoms with van der Waals surface area (Å²) in [5.41, 5.74) is 0. The molecule has 0 spiro atoms. The number of esters is 1. The molecule has 0 aromatic heterocycles. The molecule has 0 aliphatic carbocycles. The van der Waals surface area contributed by atoms with Gasteiger partial charge in [-0.25, -0.2) is 0 Å². The highest BCUT2D eigenvalue weighted by Crippen LogP contribution is 2.15. The van der Waals surface area contributed by atoms with Crippen LogP contribution in [0.3, 0.4) is 0 Å². The smallest absolute Gasteiger partial charge is 0.306 e. The first-order chi connectivity index (χ1) is 8.76. The summed E-state index contributed by atoms with van der Waals surface area (Å²) in [5, 5.41) is 0. The van der Waals surface area contributed by atoms with Crippen LogP contribution in [-0.4, -0.2) is 64.0 Å². The van der Waals surface area contributed by atoms with Crippen LogP contribution in [0.15, 0.2) is 0 Å². The summed E-state index contributed by atoms with van der Waals surface area (Å²) in [6.45, 7) is 4.10. The first-order valence-electron chi connectivity index (χ1n) is 6.66. The van der Waals surface area contributed by atoms with Crippen molar-refractivity contribution in [2.75, 3.05) is 47.1 Å². The Balaban J connectivity index is 2.22. The Morgan fingerprint density at radius 1 is 1.33 bits per heavy atom. The minimum atomic E-state index is -0.158. The van der Waals surface area contributed by atoms with Crippen LogP contribution in [0.5, 0.6) is 0 Å². The first kappa shape index (κ1) is 15.4. The summed E-state index contributed by atoms with van der Waals surface area (Å²) >= 11 is 0. The van der Waals surface area contributed by atoms with Crippen LogP contribution in [-0.2, 0) is 19.0 Å². The number of carbonyl (C=O) groups is 1. The summed E-state index contributed by atoms with van der Waals surface area (Å²) < 4.78 is 15.4. The first-order valence-corrected chi connectivity index (χ1v) is 6.66. The molecule has 1 heterocycles. The fraction of sp³-hybridized carbons (Fsp3) is 0.923. The molecule has 0 aromatic rings. The molecule has 0 N–H and O–H groups in total. The second-order valence-corrected chi connectivity index (χ2v) is 4.58. The Kier molecular flexibility index (Phi) is 7.96. The van der Waals surface area contributed by atoms with Crippen molar-refractivity contribution in [2.24, 2.45) is 0 Å².